The molecule has 0 radical (unpaired) electrons. The van der Waals surface area contributed by atoms with Gasteiger partial charge in [-0.1, -0.05) is 30.3 Å². The summed E-state index contributed by atoms with van der Waals surface area (Å²) in [4.78, 5) is 19.1. The highest BCUT2D eigenvalue weighted by Gasteiger charge is 2.31. The third-order valence-corrected chi connectivity index (χ3v) is 8.26. The van der Waals surface area contributed by atoms with E-state index >= 15 is 0 Å². The Labute approximate surface area is 190 Å². The van der Waals surface area contributed by atoms with Gasteiger partial charge < -0.3 is 9.64 Å². The molecule has 5 rings (SSSR count). The van der Waals surface area contributed by atoms with Crippen molar-refractivity contribution in [3.8, 4) is 0 Å². The number of hydrogen-bond donors (Lipinski definition) is 0. The first-order valence-electron chi connectivity index (χ1n) is 12.0. The molecule has 0 unspecified atom stereocenters. The van der Waals surface area contributed by atoms with Crippen LogP contribution in [0, 0.1) is 5.92 Å². The minimum absolute atomic E-state index is 0.226. The molecule has 0 saturated carbocycles. The van der Waals surface area contributed by atoms with Crippen LogP contribution in [-0.2, 0) is 28.8 Å². The molecule has 2 fully saturated rings. The quantitative estimate of drug-likeness (QED) is 0.650. The van der Waals surface area contributed by atoms with Crippen LogP contribution in [0.5, 0.6) is 0 Å². The summed E-state index contributed by atoms with van der Waals surface area (Å²) >= 11 is 1.68. The second kappa shape index (κ2) is 9.85. The summed E-state index contributed by atoms with van der Waals surface area (Å²) in [6.07, 6.45) is 7.76. The van der Waals surface area contributed by atoms with Crippen LogP contribution in [0.1, 0.15) is 41.7 Å². The van der Waals surface area contributed by atoms with Crippen LogP contribution in [0.15, 0.2) is 41.8 Å². The molecule has 166 valence electrons. The van der Waals surface area contributed by atoms with E-state index in [1.54, 1.807) is 11.3 Å². The Bertz CT molecular complexity index is 829. The van der Waals surface area contributed by atoms with E-state index in [2.05, 4.69) is 45.5 Å². The highest BCUT2D eigenvalue weighted by Crippen LogP contribution is 2.29. The Morgan fingerprint density at radius 2 is 1.81 bits per heavy atom. The standard InChI is InChI=1S/C26H34N2O2S/c29-26(17-25-8-4-14-31-25)28(19-24-7-3-13-30-24)18-20-9-11-27(12-10-20)23-15-21-5-1-2-6-22(21)16-23/h1-2,4-6,8,14,20,23-24H,3,7,9-13,15-19H2/t24-/m0/s1. The maximum atomic E-state index is 13.1. The maximum absolute atomic E-state index is 13.1. The third-order valence-electron chi connectivity index (χ3n) is 7.38. The summed E-state index contributed by atoms with van der Waals surface area (Å²) in [5.74, 6) is 0.875. The summed E-state index contributed by atoms with van der Waals surface area (Å²) in [6, 6.07) is 13.7. The molecule has 0 spiro atoms. The van der Waals surface area contributed by atoms with Gasteiger partial charge >= 0.3 is 0 Å². The summed E-state index contributed by atoms with van der Waals surface area (Å²) in [5, 5.41) is 2.06. The van der Waals surface area contributed by atoms with Gasteiger partial charge in [0.05, 0.1) is 12.5 Å². The Hall–Kier alpha value is -1.69. The van der Waals surface area contributed by atoms with Gasteiger partial charge in [0.25, 0.3) is 0 Å². The van der Waals surface area contributed by atoms with Gasteiger partial charge in [0.15, 0.2) is 0 Å². The lowest BCUT2D eigenvalue weighted by molar-refractivity contribution is -0.133. The van der Waals surface area contributed by atoms with Gasteiger partial charge in [0, 0.05) is 30.6 Å². The van der Waals surface area contributed by atoms with Crippen molar-refractivity contribution in [2.24, 2.45) is 5.92 Å². The molecule has 1 amide bonds. The van der Waals surface area contributed by atoms with Crippen molar-refractivity contribution in [2.45, 2.75) is 57.1 Å². The van der Waals surface area contributed by atoms with Crippen LogP contribution in [-0.4, -0.2) is 60.6 Å². The van der Waals surface area contributed by atoms with Crippen molar-refractivity contribution in [1.29, 1.82) is 0 Å². The second-order valence-corrected chi connectivity index (χ2v) is 10.5. The molecule has 2 aromatic rings. The van der Waals surface area contributed by atoms with Crippen LogP contribution in [0.2, 0.25) is 0 Å². The molecule has 31 heavy (non-hydrogen) atoms. The molecule has 5 heteroatoms. The smallest absolute Gasteiger partial charge is 0.227 e. The molecule has 2 aliphatic heterocycles. The second-order valence-electron chi connectivity index (χ2n) is 9.50. The van der Waals surface area contributed by atoms with Crippen molar-refractivity contribution in [3.05, 3.63) is 57.8 Å². The number of likely N-dealkylation sites (tertiary alicyclic amines) is 1. The fourth-order valence-corrected chi connectivity index (χ4v) is 6.29. The summed E-state index contributed by atoms with van der Waals surface area (Å²) in [6.45, 7) is 4.83. The molecule has 0 bridgehead atoms. The van der Waals surface area contributed by atoms with Gasteiger partial charge in [0.1, 0.15) is 0 Å². The summed E-state index contributed by atoms with van der Waals surface area (Å²) in [5.41, 5.74) is 3.08. The lowest BCUT2D eigenvalue weighted by atomic mass is 9.94. The van der Waals surface area contributed by atoms with Crippen molar-refractivity contribution in [1.82, 2.24) is 9.80 Å². The molecule has 3 heterocycles. The van der Waals surface area contributed by atoms with E-state index in [1.165, 1.54) is 36.8 Å². The van der Waals surface area contributed by atoms with E-state index in [0.29, 0.717) is 18.4 Å². The maximum Gasteiger partial charge on any atom is 0.227 e. The predicted molar refractivity (Wildman–Crippen MR) is 126 cm³/mol. The summed E-state index contributed by atoms with van der Waals surface area (Å²) < 4.78 is 5.87. The van der Waals surface area contributed by atoms with Crippen molar-refractivity contribution in [2.75, 3.05) is 32.8 Å². The largest absolute Gasteiger partial charge is 0.376 e. The van der Waals surface area contributed by atoms with E-state index in [9.17, 15) is 4.79 Å². The fourth-order valence-electron chi connectivity index (χ4n) is 5.59. The van der Waals surface area contributed by atoms with Gasteiger partial charge in [0.2, 0.25) is 5.91 Å². The molecule has 1 aromatic heterocycles. The number of fused-ring (bicyclic) bond motifs is 1. The van der Waals surface area contributed by atoms with Crippen LogP contribution < -0.4 is 0 Å². The van der Waals surface area contributed by atoms with Gasteiger partial charge in [-0.2, -0.15) is 0 Å². The van der Waals surface area contributed by atoms with Crippen LogP contribution in [0.25, 0.3) is 0 Å². The number of hydrogen-bond acceptors (Lipinski definition) is 4. The van der Waals surface area contributed by atoms with E-state index in [1.807, 2.05) is 6.07 Å². The van der Waals surface area contributed by atoms with Crippen LogP contribution in [0.4, 0.5) is 0 Å². The molecule has 1 aromatic carbocycles. The molecule has 2 saturated heterocycles. The van der Waals surface area contributed by atoms with E-state index in [4.69, 9.17) is 4.74 Å². The molecular weight excluding hydrogens is 404 g/mol. The average molecular weight is 439 g/mol. The topological polar surface area (TPSA) is 32.8 Å². The lowest BCUT2D eigenvalue weighted by Gasteiger charge is -2.38. The zero-order chi connectivity index (χ0) is 21.0. The first kappa shape index (κ1) is 21.2. The first-order valence-corrected chi connectivity index (χ1v) is 12.8. The van der Waals surface area contributed by atoms with Crippen molar-refractivity contribution < 1.29 is 9.53 Å². The third kappa shape index (κ3) is 5.21. The minimum Gasteiger partial charge on any atom is -0.376 e. The molecule has 3 aliphatic rings. The number of piperidine rings is 1. The molecular formula is C26H34N2O2S. The Balaban J connectivity index is 1.15. The van der Waals surface area contributed by atoms with Crippen molar-refractivity contribution >= 4 is 17.2 Å². The number of benzene rings is 1. The number of thiophene rings is 1. The number of carbonyl (C=O) groups is 1. The number of nitrogens with zero attached hydrogens (tertiary/aromatic N) is 2. The molecule has 1 atom stereocenters. The highest BCUT2D eigenvalue weighted by atomic mass is 32.1. The Morgan fingerprint density at radius 1 is 1.03 bits per heavy atom. The average Bonchev–Trinajstić information content (AvgIpc) is 3.55. The van der Waals surface area contributed by atoms with Crippen LogP contribution in [0.3, 0.4) is 0 Å². The lowest BCUT2D eigenvalue weighted by Crippen LogP contribution is -2.46. The Morgan fingerprint density at radius 3 is 2.45 bits per heavy atom. The molecule has 0 N–H and O–H groups in total. The zero-order valence-electron chi connectivity index (χ0n) is 18.4. The number of ether oxygens (including phenoxy) is 1. The molecule has 1 aliphatic carbocycles. The van der Waals surface area contributed by atoms with Gasteiger partial charge in [-0.05, 0) is 80.1 Å². The van der Waals surface area contributed by atoms with E-state index < -0.39 is 0 Å². The number of amides is 1. The molecule has 4 nitrogen and oxygen atoms in total. The zero-order valence-corrected chi connectivity index (χ0v) is 19.2. The van der Waals surface area contributed by atoms with Gasteiger partial charge in [-0.15, -0.1) is 11.3 Å². The Kier molecular flexibility index (Phi) is 6.72. The van der Waals surface area contributed by atoms with Gasteiger partial charge in [-0.25, -0.2) is 0 Å². The highest BCUT2D eigenvalue weighted by molar-refractivity contribution is 7.10. The van der Waals surface area contributed by atoms with Crippen LogP contribution >= 0.6 is 11.3 Å². The normalized spacial score (nSPS) is 22.6. The van der Waals surface area contributed by atoms with E-state index in [0.717, 1.165) is 50.5 Å². The fraction of sp³-hybridized carbons (Fsp3) is 0.577. The predicted octanol–water partition coefficient (Wildman–Crippen LogP) is 4.18. The van der Waals surface area contributed by atoms with Crippen molar-refractivity contribution in [3.63, 3.8) is 0 Å². The van der Waals surface area contributed by atoms with E-state index in [-0.39, 0.29) is 12.0 Å². The minimum atomic E-state index is 0.226. The van der Waals surface area contributed by atoms with Gasteiger partial charge in [-0.3, -0.25) is 9.69 Å². The first-order chi connectivity index (χ1) is 15.2. The SMILES string of the molecule is O=C(Cc1cccs1)N(CC1CCN(C2Cc3ccccc3C2)CC1)C[C@@H]1CCCO1. The number of rotatable bonds is 7. The summed E-state index contributed by atoms with van der Waals surface area (Å²) in [7, 11) is 0. The monoisotopic (exact) mass is 438 g/mol. The number of carbonyl (C=O) groups excluding carboxylic acids is 1.